The highest BCUT2D eigenvalue weighted by Crippen LogP contribution is 2.29. The molecule has 0 heterocycles. The van der Waals surface area contributed by atoms with Gasteiger partial charge >= 0.3 is 0 Å². The number of hydrogen-bond acceptors (Lipinski definition) is 4. The Labute approximate surface area is 136 Å². The van der Waals surface area contributed by atoms with Crippen molar-refractivity contribution in [1.82, 2.24) is 10.0 Å². The Hall–Kier alpha value is -1.96. The lowest BCUT2D eigenvalue weighted by Gasteiger charge is -2.13. The lowest BCUT2D eigenvalue weighted by atomic mass is 10.1. The molecule has 2 aromatic carbocycles. The zero-order valence-corrected chi connectivity index (χ0v) is 14.0. The van der Waals surface area contributed by atoms with Crippen LogP contribution in [-0.4, -0.2) is 34.0 Å². The standard InChI is InChI=1S/C16H21N3O3S/c1-3-17-10-11-18-23(21,22)16-9-8-15(19-12(2)20)13-6-4-5-7-14(13)16/h4-9,17-18H,3,10-11H2,1-2H3,(H,19,20). The van der Waals surface area contributed by atoms with Gasteiger partial charge in [0.1, 0.15) is 0 Å². The van der Waals surface area contributed by atoms with Crippen LogP contribution in [0.5, 0.6) is 0 Å². The highest BCUT2D eigenvalue weighted by molar-refractivity contribution is 7.89. The van der Waals surface area contributed by atoms with Crippen LogP contribution < -0.4 is 15.4 Å². The van der Waals surface area contributed by atoms with Gasteiger partial charge in [-0.15, -0.1) is 0 Å². The van der Waals surface area contributed by atoms with Crippen LogP contribution in [0.25, 0.3) is 10.8 Å². The summed E-state index contributed by atoms with van der Waals surface area (Å²) >= 11 is 0. The third-order valence-electron chi connectivity index (χ3n) is 3.33. The summed E-state index contributed by atoms with van der Waals surface area (Å²) in [4.78, 5) is 11.5. The molecule has 0 aliphatic rings. The molecule has 0 bridgehead atoms. The Morgan fingerprint density at radius 3 is 2.39 bits per heavy atom. The first kappa shape index (κ1) is 17.4. The van der Waals surface area contributed by atoms with E-state index in [-0.39, 0.29) is 10.8 Å². The van der Waals surface area contributed by atoms with E-state index in [0.717, 1.165) is 6.54 Å². The van der Waals surface area contributed by atoms with E-state index >= 15 is 0 Å². The Morgan fingerprint density at radius 2 is 1.74 bits per heavy atom. The molecule has 3 N–H and O–H groups in total. The highest BCUT2D eigenvalue weighted by atomic mass is 32.2. The van der Waals surface area contributed by atoms with E-state index in [4.69, 9.17) is 0 Å². The zero-order valence-electron chi connectivity index (χ0n) is 13.2. The third-order valence-corrected chi connectivity index (χ3v) is 4.85. The zero-order chi connectivity index (χ0) is 16.9. The normalized spacial score (nSPS) is 11.6. The summed E-state index contributed by atoms with van der Waals surface area (Å²) in [5.41, 5.74) is 0.597. The average Bonchev–Trinajstić information content (AvgIpc) is 2.51. The molecule has 124 valence electrons. The van der Waals surface area contributed by atoms with Crippen molar-refractivity contribution in [2.75, 3.05) is 25.0 Å². The minimum absolute atomic E-state index is 0.200. The summed E-state index contributed by atoms with van der Waals surface area (Å²) in [6.45, 7) is 5.05. The number of nitrogens with one attached hydrogen (secondary N) is 3. The molecule has 0 fully saturated rings. The van der Waals surface area contributed by atoms with Crippen molar-refractivity contribution in [2.45, 2.75) is 18.7 Å². The van der Waals surface area contributed by atoms with Crippen molar-refractivity contribution in [3.05, 3.63) is 36.4 Å². The number of rotatable bonds is 7. The molecule has 0 radical (unpaired) electrons. The minimum atomic E-state index is -3.62. The molecule has 0 atom stereocenters. The van der Waals surface area contributed by atoms with Gasteiger partial charge in [-0.3, -0.25) is 4.79 Å². The van der Waals surface area contributed by atoms with E-state index in [1.807, 2.05) is 13.0 Å². The highest BCUT2D eigenvalue weighted by Gasteiger charge is 2.18. The van der Waals surface area contributed by atoms with Gasteiger partial charge in [-0.05, 0) is 18.7 Å². The molecule has 0 saturated carbocycles. The molecular formula is C16H21N3O3S. The van der Waals surface area contributed by atoms with Crippen LogP contribution in [0.3, 0.4) is 0 Å². The predicted molar refractivity (Wildman–Crippen MR) is 92.0 cm³/mol. The smallest absolute Gasteiger partial charge is 0.241 e. The number of carbonyl (C=O) groups excluding carboxylic acids is 1. The summed E-state index contributed by atoms with van der Waals surface area (Å²) in [6, 6.07) is 10.2. The molecular weight excluding hydrogens is 314 g/mol. The van der Waals surface area contributed by atoms with Crippen LogP contribution in [0.4, 0.5) is 5.69 Å². The van der Waals surface area contributed by atoms with Crippen molar-refractivity contribution in [2.24, 2.45) is 0 Å². The van der Waals surface area contributed by atoms with Crippen molar-refractivity contribution < 1.29 is 13.2 Å². The van der Waals surface area contributed by atoms with Crippen LogP contribution in [0.1, 0.15) is 13.8 Å². The fourth-order valence-corrected chi connectivity index (χ4v) is 3.57. The largest absolute Gasteiger partial charge is 0.326 e. The van der Waals surface area contributed by atoms with Gasteiger partial charge in [0.05, 0.1) is 4.90 Å². The SMILES string of the molecule is CCNCCNS(=O)(=O)c1ccc(NC(C)=O)c2ccccc12. The van der Waals surface area contributed by atoms with Gasteiger partial charge in [0.25, 0.3) is 0 Å². The topological polar surface area (TPSA) is 87.3 Å². The van der Waals surface area contributed by atoms with Crippen molar-refractivity contribution >= 4 is 32.4 Å². The van der Waals surface area contributed by atoms with Gasteiger partial charge < -0.3 is 10.6 Å². The van der Waals surface area contributed by atoms with E-state index in [2.05, 4.69) is 15.4 Å². The summed E-state index contributed by atoms with van der Waals surface area (Å²) in [5.74, 6) is -0.200. The van der Waals surface area contributed by atoms with E-state index in [1.165, 1.54) is 13.0 Å². The first-order valence-electron chi connectivity index (χ1n) is 7.45. The molecule has 1 amide bonds. The molecule has 0 saturated heterocycles. The molecule has 0 aromatic heterocycles. The van der Waals surface area contributed by atoms with Gasteiger partial charge in [0.2, 0.25) is 15.9 Å². The number of carbonyl (C=O) groups is 1. The second-order valence-electron chi connectivity index (χ2n) is 5.09. The maximum absolute atomic E-state index is 12.5. The number of amides is 1. The Balaban J connectivity index is 2.40. The Kier molecular flexibility index (Phi) is 5.70. The Bertz CT molecular complexity index is 803. The lowest BCUT2D eigenvalue weighted by Crippen LogP contribution is -2.31. The molecule has 0 aliphatic heterocycles. The number of sulfonamides is 1. The fraction of sp³-hybridized carbons (Fsp3) is 0.312. The summed E-state index contributed by atoms with van der Waals surface area (Å²) < 4.78 is 27.6. The number of benzene rings is 2. The predicted octanol–water partition coefficient (Wildman–Crippen LogP) is 1.69. The quantitative estimate of drug-likeness (QED) is 0.672. The van der Waals surface area contributed by atoms with Gasteiger partial charge in [-0.25, -0.2) is 13.1 Å². The van der Waals surface area contributed by atoms with E-state index < -0.39 is 10.0 Å². The molecule has 0 unspecified atom stereocenters. The van der Waals surface area contributed by atoms with Gasteiger partial charge in [-0.2, -0.15) is 0 Å². The molecule has 0 aliphatic carbocycles. The number of likely N-dealkylation sites (N-methyl/N-ethyl adjacent to an activating group) is 1. The summed E-state index contributed by atoms with van der Waals surface area (Å²) in [7, 11) is -3.62. The minimum Gasteiger partial charge on any atom is -0.326 e. The van der Waals surface area contributed by atoms with E-state index in [0.29, 0.717) is 29.5 Å². The summed E-state index contributed by atoms with van der Waals surface area (Å²) in [6.07, 6.45) is 0. The van der Waals surface area contributed by atoms with Crippen LogP contribution in [0.2, 0.25) is 0 Å². The average molecular weight is 335 g/mol. The van der Waals surface area contributed by atoms with Crippen LogP contribution in [-0.2, 0) is 14.8 Å². The van der Waals surface area contributed by atoms with E-state index in [9.17, 15) is 13.2 Å². The number of hydrogen-bond donors (Lipinski definition) is 3. The number of fused-ring (bicyclic) bond motifs is 1. The van der Waals surface area contributed by atoms with Crippen molar-refractivity contribution in [3.63, 3.8) is 0 Å². The molecule has 6 nitrogen and oxygen atoms in total. The maximum Gasteiger partial charge on any atom is 0.241 e. The number of anilines is 1. The second-order valence-corrected chi connectivity index (χ2v) is 6.82. The summed E-state index contributed by atoms with van der Waals surface area (Å²) in [5, 5.41) is 7.06. The maximum atomic E-state index is 12.5. The van der Waals surface area contributed by atoms with Gasteiger partial charge in [0, 0.05) is 36.5 Å². The molecule has 23 heavy (non-hydrogen) atoms. The molecule has 7 heteroatoms. The van der Waals surface area contributed by atoms with Crippen molar-refractivity contribution in [3.8, 4) is 0 Å². The van der Waals surface area contributed by atoms with Crippen LogP contribution in [0.15, 0.2) is 41.3 Å². The van der Waals surface area contributed by atoms with Crippen molar-refractivity contribution in [1.29, 1.82) is 0 Å². The first-order chi connectivity index (χ1) is 11.0. The lowest BCUT2D eigenvalue weighted by molar-refractivity contribution is -0.114. The van der Waals surface area contributed by atoms with Gasteiger partial charge in [0.15, 0.2) is 0 Å². The molecule has 2 aromatic rings. The monoisotopic (exact) mass is 335 g/mol. The molecule has 0 spiro atoms. The molecule has 2 rings (SSSR count). The first-order valence-corrected chi connectivity index (χ1v) is 8.93. The second kappa shape index (κ2) is 7.54. The van der Waals surface area contributed by atoms with Crippen LogP contribution >= 0.6 is 0 Å². The fourth-order valence-electron chi connectivity index (χ4n) is 2.33. The Morgan fingerprint density at radius 1 is 1.04 bits per heavy atom. The third kappa shape index (κ3) is 4.28. The van der Waals surface area contributed by atoms with Gasteiger partial charge in [-0.1, -0.05) is 31.2 Å². The van der Waals surface area contributed by atoms with Crippen LogP contribution in [0, 0.1) is 0 Å². The van der Waals surface area contributed by atoms with E-state index in [1.54, 1.807) is 24.3 Å².